The molecule has 0 bridgehead atoms. The van der Waals surface area contributed by atoms with Gasteiger partial charge in [0.25, 0.3) is 0 Å². The van der Waals surface area contributed by atoms with Gasteiger partial charge in [-0.25, -0.2) is 0 Å². The summed E-state index contributed by atoms with van der Waals surface area (Å²) >= 11 is 0. The maximum absolute atomic E-state index is 12.7. The third-order valence-electron chi connectivity index (χ3n) is 3.69. The molecule has 0 aromatic heterocycles. The van der Waals surface area contributed by atoms with Crippen molar-refractivity contribution in [3.05, 3.63) is 71.3 Å². The van der Waals surface area contributed by atoms with E-state index in [1.165, 1.54) is 12.1 Å². The SMILES string of the molecule is CC(c1ccccc1)C(N)Cc1cccc(C(F)(F)F)c1. The zero-order valence-electron chi connectivity index (χ0n) is 11.8. The number of hydrogen-bond donors (Lipinski definition) is 1. The van der Waals surface area contributed by atoms with Crippen molar-refractivity contribution in [3.63, 3.8) is 0 Å². The summed E-state index contributed by atoms with van der Waals surface area (Å²) in [5.74, 6) is 0.0840. The molecule has 0 radical (unpaired) electrons. The third kappa shape index (κ3) is 4.08. The summed E-state index contributed by atoms with van der Waals surface area (Å²) in [6.45, 7) is 1.99. The van der Waals surface area contributed by atoms with Crippen LogP contribution in [-0.4, -0.2) is 6.04 Å². The Morgan fingerprint density at radius 1 is 1.00 bits per heavy atom. The smallest absolute Gasteiger partial charge is 0.327 e. The van der Waals surface area contributed by atoms with Gasteiger partial charge < -0.3 is 5.73 Å². The summed E-state index contributed by atoms with van der Waals surface area (Å²) < 4.78 is 38.1. The molecule has 0 spiro atoms. The monoisotopic (exact) mass is 293 g/mol. The third-order valence-corrected chi connectivity index (χ3v) is 3.69. The van der Waals surface area contributed by atoms with Crippen LogP contribution in [0.2, 0.25) is 0 Å². The first kappa shape index (κ1) is 15.6. The van der Waals surface area contributed by atoms with Crippen molar-refractivity contribution in [2.24, 2.45) is 5.73 Å². The lowest BCUT2D eigenvalue weighted by Gasteiger charge is -2.21. The fraction of sp³-hybridized carbons (Fsp3) is 0.294. The molecule has 2 aromatic carbocycles. The van der Waals surface area contributed by atoms with Crippen LogP contribution < -0.4 is 5.73 Å². The second-order valence-electron chi connectivity index (χ2n) is 5.27. The molecule has 0 aliphatic carbocycles. The lowest BCUT2D eigenvalue weighted by molar-refractivity contribution is -0.137. The quantitative estimate of drug-likeness (QED) is 0.889. The van der Waals surface area contributed by atoms with E-state index in [1.54, 1.807) is 6.07 Å². The fourth-order valence-electron chi connectivity index (χ4n) is 2.33. The zero-order chi connectivity index (χ0) is 15.5. The molecule has 2 rings (SSSR count). The Bertz CT molecular complexity index is 578. The molecule has 21 heavy (non-hydrogen) atoms. The van der Waals surface area contributed by atoms with E-state index in [4.69, 9.17) is 5.73 Å². The van der Waals surface area contributed by atoms with Gasteiger partial charge in [0, 0.05) is 6.04 Å². The first-order valence-electron chi connectivity index (χ1n) is 6.84. The number of nitrogens with two attached hydrogens (primary N) is 1. The average molecular weight is 293 g/mol. The molecule has 0 aliphatic rings. The van der Waals surface area contributed by atoms with Crippen molar-refractivity contribution in [2.75, 3.05) is 0 Å². The molecule has 2 unspecified atom stereocenters. The minimum absolute atomic E-state index is 0.0840. The molecule has 0 saturated carbocycles. The Hall–Kier alpha value is -1.81. The van der Waals surface area contributed by atoms with E-state index in [1.807, 2.05) is 37.3 Å². The van der Waals surface area contributed by atoms with Gasteiger partial charge in [-0.1, -0.05) is 55.5 Å². The van der Waals surface area contributed by atoms with Crippen LogP contribution in [0.15, 0.2) is 54.6 Å². The molecular formula is C17H18F3N. The van der Waals surface area contributed by atoms with Crippen LogP contribution >= 0.6 is 0 Å². The van der Waals surface area contributed by atoms with Crippen LogP contribution in [0.25, 0.3) is 0 Å². The molecule has 0 saturated heterocycles. The molecular weight excluding hydrogens is 275 g/mol. The number of benzene rings is 2. The van der Waals surface area contributed by atoms with Gasteiger partial charge in [-0.15, -0.1) is 0 Å². The summed E-state index contributed by atoms with van der Waals surface area (Å²) in [5, 5.41) is 0. The average Bonchev–Trinajstić information content (AvgIpc) is 2.47. The number of alkyl halides is 3. The Balaban J connectivity index is 2.11. The van der Waals surface area contributed by atoms with Gasteiger partial charge in [0.05, 0.1) is 5.56 Å². The number of hydrogen-bond acceptors (Lipinski definition) is 1. The van der Waals surface area contributed by atoms with Crippen LogP contribution in [0.5, 0.6) is 0 Å². The lowest BCUT2D eigenvalue weighted by atomic mass is 9.89. The predicted molar refractivity (Wildman–Crippen MR) is 78.0 cm³/mol. The van der Waals surface area contributed by atoms with Crippen LogP contribution in [0.3, 0.4) is 0 Å². The van der Waals surface area contributed by atoms with E-state index >= 15 is 0 Å². The van der Waals surface area contributed by atoms with Gasteiger partial charge in [-0.2, -0.15) is 13.2 Å². The summed E-state index contributed by atoms with van der Waals surface area (Å²) in [6, 6.07) is 14.9. The molecule has 0 aliphatic heterocycles. The molecule has 112 valence electrons. The maximum Gasteiger partial charge on any atom is 0.416 e. The second-order valence-corrected chi connectivity index (χ2v) is 5.27. The van der Waals surface area contributed by atoms with Gasteiger partial charge in [-0.3, -0.25) is 0 Å². The first-order chi connectivity index (χ1) is 9.88. The van der Waals surface area contributed by atoms with Crippen molar-refractivity contribution in [1.82, 2.24) is 0 Å². The normalized spacial score (nSPS) is 14.7. The highest BCUT2D eigenvalue weighted by Crippen LogP contribution is 2.30. The lowest BCUT2D eigenvalue weighted by Crippen LogP contribution is -2.29. The van der Waals surface area contributed by atoms with Crippen LogP contribution in [-0.2, 0) is 12.6 Å². The highest BCUT2D eigenvalue weighted by molar-refractivity contribution is 5.27. The van der Waals surface area contributed by atoms with Crippen molar-refractivity contribution >= 4 is 0 Å². The van der Waals surface area contributed by atoms with E-state index in [2.05, 4.69) is 0 Å². The topological polar surface area (TPSA) is 26.0 Å². The van der Waals surface area contributed by atoms with Crippen LogP contribution in [0, 0.1) is 0 Å². The highest BCUT2D eigenvalue weighted by Gasteiger charge is 2.30. The zero-order valence-corrected chi connectivity index (χ0v) is 11.8. The van der Waals surface area contributed by atoms with Gasteiger partial charge >= 0.3 is 6.18 Å². The summed E-state index contributed by atoms with van der Waals surface area (Å²) in [4.78, 5) is 0. The minimum atomic E-state index is -4.31. The van der Waals surface area contributed by atoms with Gasteiger partial charge in [-0.05, 0) is 29.5 Å². The standard InChI is InChI=1S/C17H18F3N/c1-12(14-7-3-2-4-8-14)16(21)11-13-6-5-9-15(10-13)17(18,19)20/h2-10,12,16H,11,21H2,1H3. The van der Waals surface area contributed by atoms with E-state index in [-0.39, 0.29) is 12.0 Å². The maximum atomic E-state index is 12.7. The molecule has 0 amide bonds. The predicted octanol–water partition coefficient (Wildman–Crippen LogP) is 4.38. The molecule has 1 nitrogen and oxygen atoms in total. The highest BCUT2D eigenvalue weighted by atomic mass is 19.4. The van der Waals surface area contributed by atoms with Crippen molar-refractivity contribution in [1.29, 1.82) is 0 Å². The van der Waals surface area contributed by atoms with Gasteiger partial charge in [0.2, 0.25) is 0 Å². The van der Waals surface area contributed by atoms with Crippen molar-refractivity contribution in [2.45, 2.75) is 31.5 Å². The molecule has 2 N–H and O–H groups in total. The summed E-state index contributed by atoms with van der Waals surface area (Å²) in [7, 11) is 0. The van der Waals surface area contributed by atoms with Crippen molar-refractivity contribution < 1.29 is 13.2 Å². The summed E-state index contributed by atoms with van der Waals surface area (Å²) in [5.41, 5.74) is 7.24. The Morgan fingerprint density at radius 2 is 1.67 bits per heavy atom. The summed E-state index contributed by atoms with van der Waals surface area (Å²) in [6.07, 6.45) is -3.90. The van der Waals surface area contributed by atoms with Gasteiger partial charge in [0.15, 0.2) is 0 Å². The molecule has 4 heteroatoms. The first-order valence-corrected chi connectivity index (χ1v) is 6.84. The number of rotatable bonds is 4. The Labute approximate surface area is 122 Å². The van der Waals surface area contributed by atoms with Gasteiger partial charge in [0.1, 0.15) is 0 Å². The van der Waals surface area contributed by atoms with Crippen LogP contribution in [0.4, 0.5) is 13.2 Å². The Morgan fingerprint density at radius 3 is 2.29 bits per heavy atom. The number of halogens is 3. The second kappa shape index (κ2) is 6.31. The molecule has 2 aromatic rings. The van der Waals surface area contributed by atoms with E-state index in [9.17, 15) is 13.2 Å². The van der Waals surface area contributed by atoms with E-state index in [0.717, 1.165) is 11.6 Å². The molecule has 0 heterocycles. The minimum Gasteiger partial charge on any atom is -0.327 e. The van der Waals surface area contributed by atoms with E-state index in [0.29, 0.717) is 12.0 Å². The largest absolute Gasteiger partial charge is 0.416 e. The molecule has 2 atom stereocenters. The van der Waals surface area contributed by atoms with Crippen molar-refractivity contribution in [3.8, 4) is 0 Å². The fourth-order valence-corrected chi connectivity index (χ4v) is 2.33. The molecule has 0 fully saturated rings. The Kier molecular flexibility index (Phi) is 4.68. The van der Waals surface area contributed by atoms with E-state index < -0.39 is 11.7 Å². The van der Waals surface area contributed by atoms with Crippen LogP contribution in [0.1, 0.15) is 29.5 Å².